The van der Waals surface area contributed by atoms with Gasteiger partial charge in [0.15, 0.2) is 0 Å². The Kier molecular flexibility index (Phi) is 5.42. The Bertz CT molecular complexity index is 630. The molecule has 0 aliphatic carbocycles. The SMILES string of the molecule is COc1ccc(NC(=O)CCc2ccc(Cl)c(Cl)c2)cn1. The van der Waals surface area contributed by atoms with Crippen LogP contribution >= 0.6 is 23.2 Å². The Morgan fingerprint density at radius 1 is 1.24 bits per heavy atom. The summed E-state index contributed by atoms with van der Waals surface area (Å²) in [7, 11) is 1.54. The van der Waals surface area contributed by atoms with Crippen LogP contribution in [0.5, 0.6) is 5.88 Å². The van der Waals surface area contributed by atoms with E-state index in [1.54, 1.807) is 30.5 Å². The maximum absolute atomic E-state index is 11.9. The molecule has 0 fully saturated rings. The summed E-state index contributed by atoms with van der Waals surface area (Å²) in [6.07, 6.45) is 2.49. The molecule has 0 saturated heterocycles. The first-order chi connectivity index (χ1) is 10.1. The van der Waals surface area contributed by atoms with E-state index in [0.29, 0.717) is 34.5 Å². The lowest BCUT2D eigenvalue weighted by atomic mass is 10.1. The number of ether oxygens (including phenoxy) is 1. The summed E-state index contributed by atoms with van der Waals surface area (Å²) in [5, 5.41) is 3.78. The topological polar surface area (TPSA) is 51.2 Å². The highest BCUT2D eigenvalue weighted by molar-refractivity contribution is 6.42. The van der Waals surface area contributed by atoms with Crippen LogP contribution in [0.25, 0.3) is 0 Å². The summed E-state index contributed by atoms with van der Waals surface area (Å²) in [4.78, 5) is 15.9. The molecule has 110 valence electrons. The lowest BCUT2D eigenvalue weighted by Crippen LogP contribution is -2.12. The lowest BCUT2D eigenvalue weighted by Gasteiger charge is -2.06. The van der Waals surface area contributed by atoms with E-state index < -0.39 is 0 Å². The quantitative estimate of drug-likeness (QED) is 0.905. The molecular formula is C15H14Cl2N2O2. The minimum absolute atomic E-state index is 0.0898. The second-order valence-corrected chi connectivity index (χ2v) is 5.20. The molecule has 1 aromatic heterocycles. The van der Waals surface area contributed by atoms with Crippen molar-refractivity contribution in [1.82, 2.24) is 4.98 Å². The van der Waals surface area contributed by atoms with Crippen molar-refractivity contribution in [3.8, 4) is 5.88 Å². The molecule has 0 bridgehead atoms. The third-order valence-electron chi connectivity index (χ3n) is 2.85. The van der Waals surface area contributed by atoms with Gasteiger partial charge < -0.3 is 10.1 Å². The van der Waals surface area contributed by atoms with Crippen molar-refractivity contribution >= 4 is 34.8 Å². The smallest absolute Gasteiger partial charge is 0.224 e. The van der Waals surface area contributed by atoms with Gasteiger partial charge in [-0.15, -0.1) is 0 Å². The van der Waals surface area contributed by atoms with Crippen LogP contribution in [-0.2, 0) is 11.2 Å². The van der Waals surface area contributed by atoms with Crippen LogP contribution in [-0.4, -0.2) is 18.0 Å². The molecule has 0 aliphatic heterocycles. The Morgan fingerprint density at radius 2 is 2.05 bits per heavy atom. The maximum Gasteiger partial charge on any atom is 0.224 e. The summed E-state index contributed by atoms with van der Waals surface area (Å²) in [6, 6.07) is 8.78. The average molecular weight is 325 g/mol. The third kappa shape index (κ3) is 4.62. The molecule has 0 aliphatic rings. The van der Waals surface area contributed by atoms with Crippen molar-refractivity contribution in [2.24, 2.45) is 0 Å². The molecule has 2 aromatic rings. The molecule has 6 heteroatoms. The van der Waals surface area contributed by atoms with Gasteiger partial charge in [-0.3, -0.25) is 4.79 Å². The first kappa shape index (κ1) is 15.6. The first-order valence-electron chi connectivity index (χ1n) is 6.32. The number of hydrogen-bond acceptors (Lipinski definition) is 3. The standard InChI is InChI=1S/C15H14Cl2N2O2/c1-21-15-7-4-11(9-18-15)19-14(20)6-3-10-2-5-12(16)13(17)8-10/h2,4-5,7-9H,3,6H2,1H3,(H,19,20). The fraction of sp³-hybridized carbons (Fsp3) is 0.200. The number of aryl methyl sites for hydroxylation is 1. The number of hydrogen-bond donors (Lipinski definition) is 1. The van der Waals surface area contributed by atoms with Crippen LogP contribution in [0, 0.1) is 0 Å². The summed E-state index contributed by atoms with van der Waals surface area (Å²) in [5.41, 5.74) is 1.60. The molecule has 1 aromatic carbocycles. The Labute approximate surface area is 133 Å². The zero-order chi connectivity index (χ0) is 15.2. The molecule has 0 unspecified atom stereocenters. The summed E-state index contributed by atoms with van der Waals surface area (Å²) < 4.78 is 4.95. The van der Waals surface area contributed by atoms with E-state index in [2.05, 4.69) is 10.3 Å². The number of halogens is 2. The van der Waals surface area contributed by atoms with Crippen LogP contribution in [0.1, 0.15) is 12.0 Å². The Morgan fingerprint density at radius 3 is 2.67 bits per heavy atom. The second kappa shape index (κ2) is 7.29. The number of anilines is 1. The molecule has 1 N–H and O–H groups in total. The van der Waals surface area contributed by atoms with Gasteiger partial charge in [0, 0.05) is 12.5 Å². The van der Waals surface area contributed by atoms with Crippen molar-refractivity contribution in [3.63, 3.8) is 0 Å². The highest BCUT2D eigenvalue weighted by Crippen LogP contribution is 2.23. The number of rotatable bonds is 5. The molecule has 21 heavy (non-hydrogen) atoms. The maximum atomic E-state index is 11.9. The van der Waals surface area contributed by atoms with Crippen molar-refractivity contribution in [2.45, 2.75) is 12.8 Å². The van der Waals surface area contributed by atoms with Crippen LogP contribution in [0.2, 0.25) is 10.0 Å². The first-order valence-corrected chi connectivity index (χ1v) is 7.08. The summed E-state index contributed by atoms with van der Waals surface area (Å²) in [6.45, 7) is 0. The number of nitrogens with zero attached hydrogens (tertiary/aromatic N) is 1. The predicted molar refractivity (Wildman–Crippen MR) is 84.2 cm³/mol. The van der Waals surface area contributed by atoms with Gasteiger partial charge in [-0.1, -0.05) is 29.3 Å². The van der Waals surface area contributed by atoms with Gasteiger partial charge in [0.05, 0.1) is 29.0 Å². The number of aromatic nitrogens is 1. The molecule has 1 heterocycles. The molecule has 0 spiro atoms. The fourth-order valence-corrected chi connectivity index (χ4v) is 2.07. The van der Waals surface area contributed by atoms with Crippen LogP contribution in [0.3, 0.4) is 0 Å². The second-order valence-electron chi connectivity index (χ2n) is 4.39. The zero-order valence-electron chi connectivity index (χ0n) is 11.4. The molecule has 1 amide bonds. The van der Waals surface area contributed by atoms with Crippen molar-refractivity contribution in [3.05, 3.63) is 52.1 Å². The van der Waals surface area contributed by atoms with Gasteiger partial charge in [-0.2, -0.15) is 0 Å². The number of carbonyl (C=O) groups is 1. The van der Waals surface area contributed by atoms with Crippen LogP contribution in [0.4, 0.5) is 5.69 Å². The number of nitrogens with one attached hydrogen (secondary N) is 1. The number of amides is 1. The molecule has 4 nitrogen and oxygen atoms in total. The number of methoxy groups -OCH3 is 1. The molecule has 0 saturated carbocycles. The minimum Gasteiger partial charge on any atom is -0.481 e. The monoisotopic (exact) mass is 324 g/mol. The number of benzene rings is 1. The normalized spacial score (nSPS) is 10.2. The molecule has 2 rings (SSSR count). The molecule has 0 radical (unpaired) electrons. The minimum atomic E-state index is -0.0898. The van der Waals surface area contributed by atoms with E-state index in [1.807, 2.05) is 6.07 Å². The van der Waals surface area contributed by atoms with E-state index >= 15 is 0 Å². The van der Waals surface area contributed by atoms with Gasteiger partial charge >= 0.3 is 0 Å². The van der Waals surface area contributed by atoms with E-state index in [4.69, 9.17) is 27.9 Å². The van der Waals surface area contributed by atoms with Crippen molar-refractivity contribution < 1.29 is 9.53 Å². The van der Waals surface area contributed by atoms with Crippen molar-refractivity contribution in [2.75, 3.05) is 12.4 Å². The van der Waals surface area contributed by atoms with Gasteiger partial charge in [0.25, 0.3) is 0 Å². The highest BCUT2D eigenvalue weighted by Gasteiger charge is 2.05. The Hall–Kier alpha value is -1.78. The van der Waals surface area contributed by atoms with Crippen molar-refractivity contribution in [1.29, 1.82) is 0 Å². The zero-order valence-corrected chi connectivity index (χ0v) is 12.9. The van der Waals surface area contributed by atoms with Gasteiger partial charge in [-0.05, 0) is 30.2 Å². The van der Waals surface area contributed by atoms with E-state index in [9.17, 15) is 4.79 Å². The predicted octanol–water partition coefficient (Wildman–Crippen LogP) is 3.97. The summed E-state index contributed by atoms with van der Waals surface area (Å²) >= 11 is 11.8. The molecular weight excluding hydrogens is 311 g/mol. The van der Waals surface area contributed by atoms with Crippen LogP contribution in [0.15, 0.2) is 36.5 Å². The third-order valence-corrected chi connectivity index (χ3v) is 3.59. The van der Waals surface area contributed by atoms with Gasteiger partial charge in [-0.25, -0.2) is 4.98 Å². The Balaban J connectivity index is 1.87. The average Bonchev–Trinajstić information content (AvgIpc) is 2.49. The van der Waals surface area contributed by atoms with E-state index in [0.717, 1.165) is 5.56 Å². The van der Waals surface area contributed by atoms with E-state index in [-0.39, 0.29) is 5.91 Å². The number of carbonyl (C=O) groups excluding carboxylic acids is 1. The number of pyridine rings is 1. The van der Waals surface area contributed by atoms with Gasteiger partial charge in [0.2, 0.25) is 11.8 Å². The largest absolute Gasteiger partial charge is 0.481 e. The lowest BCUT2D eigenvalue weighted by molar-refractivity contribution is -0.116. The van der Waals surface area contributed by atoms with E-state index in [1.165, 1.54) is 7.11 Å². The summed E-state index contributed by atoms with van der Waals surface area (Å²) in [5.74, 6) is 0.414. The van der Waals surface area contributed by atoms with Gasteiger partial charge in [0.1, 0.15) is 0 Å². The van der Waals surface area contributed by atoms with Crippen LogP contribution < -0.4 is 10.1 Å². The highest BCUT2D eigenvalue weighted by atomic mass is 35.5. The molecule has 0 atom stereocenters. The fourth-order valence-electron chi connectivity index (χ4n) is 1.75.